The van der Waals surface area contributed by atoms with E-state index in [-0.39, 0.29) is 18.4 Å². The summed E-state index contributed by atoms with van der Waals surface area (Å²) in [4.78, 5) is 11.0. The molecular weight excluding hydrogens is 368 g/mol. The minimum Gasteiger partial charge on any atom is -0.492 e. The monoisotopic (exact) mass is 392 g/mol. The summed E-state index contributed by atoms with van der Waals surface area (Å²) in [7, 11) is 0. The molecule has 1 aliphatic carbocycles. The summed E-state index contributed by atoms with van der Waals surface area (Å²) in [5.74, 6) is 0.630. The van der Waals surface area contributed by atoms with Crippen molar-refractivity contribution in [1.29, 1.82) is 0 Å². The Balaban J connectivity index is 1.36. The van der Waals surface area contributed by atoms with Crippen LogP contribution in [0.5, 0.6) is 11.5 Å². The van der Waals surface area contributed by atoms with Crippen LogP contribution in [-0.2, 0) is 16.0 Å². The molecule has 0 radical (unpaired) electrons. The predicted molar refractivity (Wildman–Crippen MR) is 108 cm³/mol. The summed E-state index contributed by atoms with van der Waals surface area (Å²) in [6.07, 6.45) is 5.24. The van der Waals surface area contributed by atoms with Crippen molar-refractivity contribution in [3.63, 3.8) is 0 Å². The Hall–Kier alpha value is -2.79. The number of benzene rings is 2. The van der Waals surface area contributed by atoms with E-state index in [0.29, 0.717) is 13.2 Å². The van der Waals surface area contributed by atoms with Gasteiger partial charge in [0, 0.05) is 17.5 Å². The first-order valence-electron chi connectivity index (χ1n) is 10.2. The Bertz CT molecular complexity index is 977. The smallest absolute Gasteiger partial charge is 0.304 e. The molecule has 2 aromatic carbocycles. The molecule has 0 saturated carbocycles. The van der Waals surface area contributed by atoms with Crippen molar-refractivity contribution >= 4 is 11.5 Å². The minimum atomic E-state index is -0.801. The lowest BCUT2D eigenvalue weighted by molar-refractivity contribution is -0.137. The highest BCUT2D eigenvalue weighted by atomic mass is 16.5. The number of fused-ring (bicyclic) bond motifs is 2. The van der Waals surface area contributed by atoms with Crippen molar-refractivity contribution < 1.29 is 24.1 Å². The second-order valence-corrected chi connectivity index (χ2v) is 7.88. The zero-order valence-corrected chi connectivity index (χ0v) is 16.2. The number of ether oxygens (including phenoxy) is 3. The van der Waals surface area contributed by atoms with Crippen LogP contribution in [-0.4, -0.2) is 30.9 Å². The zero-order valence-electron chi connectivity index (χ0n) is 16.2. The fourth-order valence-corrected chi connectivity index (χ4v) is 4.69. The van der Waals surface area contributed by atoms with Gasteiger partial charge in [0.15, 0.2) is 0 Å². The molecule has 0 saturated heterocycles. The molecular formula is C24H24O5. The number of hydrogen-bond acceptors (Lipinski definition) is 4. The van der Waals surface area contributed by atoms with Crippen LogP contribution in [0.3, 0.4) is 0 Å². The van der Waals surface area contributed by atoms with Gasteiger partial charge in [-0.1, -0.05) is 30.3 Å². The fraction of sp³-hybridized carbons (Fsp3) is 0.375. The molecule has 150 valence electrons. The lowest BCUT2D eigenvalue weighted by atomic mass is 9.94. The highest BCUT2D eigenvalue weighted by molar-refractivity contribution is 5.71. The van der Waals surface area contributed by atoms with Crippen molar-refractivity contribution in [3.8, 4) is 11.5 Å². The quantitative estimate of drug-likeness (QED) is 0.811. The van der Waals surface area contributed by atoms with Crippen LogP contribution in [0.2, 0.25) is 0 Å². The van der Waals surface area contributed by atoms with E-state index in [0.717, 1.165) is 42.9 Å². The van der Waals surface area contributed by atoms with Crippen LogP contribution in [0.25, 0.3) is 5.57 Å². The molecule has 2 atom stereocenters. The average molecular weight is 392 g/mol. The topological polar surface area (TPSA) is 65.0 Å². The predicted octanol–water partition coefficient (Wildman–Crippen LogP) is 4.51. The zero-order chi connectivity index (χ0) is 19.8. The largest absolute Gasteiger partial charge is 0.492 e. The number of hydrogen-bond donors (Lipinski definition) is 1. The van der Waals surface area contributed by atoms with Crippen LogP contribution in [0.4, 0.5) is 0 Å². The van der Waals surface area contributed by atoms with Gasteiger partial charge in [0.1, 0.15) is 17.6 Å². The maximum atomic E-state index is 11.0. The lowest BCUT2D eigenvalue weighted by Crippen LogP contribution is -2.07. The molecule has 5 nitrogen and oxygen atoms in total. The highest BCUT2D eigenvalue weighted by Crippen LogP contribution is 2.42. The van der Waals surface area contributed by atoms with Gasteiger partial charge in [-0.25, -0.2) is 0 Å². The van der Waals surface area contributed by atoms with Gasteiger partial charge in [0.05, 0.1) is 26.2 Å². The van der Waals surface area contributed by atoms with Crippen LogP contribution in [0.15, 0.2) is 42.5 Å². The second kappa shape index (κ2) is 7.56. The molecule has 3 aliphatic rings. The van der Waals surface area contributed by atoms with E-state index in [4.69, 9.17) is 19.3 Å². The first kappa shape index (κ1) is 18.3. The molecule has 1 unspecified atom stereocenters. The van der Waals surface area contributed by atoms with Gasteiger partial charge in [-0.3, -0.25) is 4.79 Å². The van der Waals surface area contributed by atoms with Crippen LogP contribution in [0, 0.1) is 0 Å². The van der Waals surface area contributed by atoms with E-state index in [9.17, 15) is 4.79 Å². The Morgan fingerprint density at radius 1 is 1.17 bits per heavy atom. The Morgan fingerprint density at radius 2 is 2.10 bits per heavy atom. The summed E-state index contributed by atoms with van der Waals surface area (Å²) in [5.41, 5.74) is 6.33. The summed E-state index contributed by atoms with van der Waals surface area (Å²) in [5, 5.41) is 9.06. The molecule has 0 amide bonds. The number of carbonyl (C=O) groups is 1. The molecule has 0 fully saturated rings. The van der Waals surface area contributed by atoms with Gasteiger partial charge in [-0.15, -0.1) is 0 Å². The van der Waals surface area contributed by atoms with Crippen molar-refractivity contribution in [1.82, 2.24) is 0 Å². The SMILES string of the molecule is O=C(O)CC1COc2cc(O[C@@H]3CCc4c(C5=CCOCC5)cccc43)ccc21. The summed E-state index contributed by atoms with van der Waals surface area (Å²) < 4.78 is 17.5. The molecule has 29 heavy (non-hydrogen) atoms. The van der Waals surface area contributed by atoms with Gasteiger partial charge in [0.2, 0.25) is 0 Å². The van der Waals surface area contributed by atoms with Crippen LogP contribution >= 0.6 is 0 Å². The molecule has 2 heterocycles. The molecule has 5 heteroatoms. The van der Waals surface area contributed by atoms with E-state index < -0.39 is 5.97 Å². The third-order valence-electron chi connectivity index (χ3n) is 6.09. The van der Waals surface area contributed by atoms with Gasteiger partial charge in [-0.2, -0.15) is 0 Å². The molecule has 0 spiro atoms. The first-order valence-corrected chi connectivity index (χ1v) is 10.2. The molecule has 2 aromatic rings. The second-order valence-electron chi connectivity index (χ2n) is 7.88. The van der Waals surface area contributed by atoms with Crippen LogP contribution < -0.4 is 9.47 Å². The maximum absolute atomic E-state index is 11.0. The summed E-state index contributed by atoms with van der Waals surface area (Å²) in [6, 6.07) is 12.3. The van der Waals surface area contributed by atoms with Gasteiger partial charge in [0.25, 0.3) is 0 Å². The summed E-state index contributed by atoms with van der Waals surface area (Å²) >= 11 is 0. The average Bonchev–Trinajstić information content (AvgIpc) is 3.32. The van der Waals surface area contributed by atoms with Gasteiger partial charge < -0.3 is 19.3 Å². The van der Waals surface area contributed by atoms with Crippen LogP contribution in [0.1, 0.15) is 53.5 Å². The molecule has 1 N–H and O–H groups in total. The van der Waals surface area contributed by atoms with E-state index in [1.807, 2.05) is 18.2 Å². The minimum absolute atomic E-state index is 0.0275. The van der Waals surface area contributed by atoms with E-state index in [2.05, 4.69) is 24.3 Å². The first-order chi connectivity index (χ1) is 14.2. The highest BCUT2D eigenvalue weighted by Gasteiger charge is 2.29. The number of carboxylic acids is 1. The molecule has 2 aliphatic heterocycles. The van der Waals surface area contributed by atoms with Crippen molar-refractivity contribution in [2.45, 2.75) is 37.7 Å². The number of aliphatic carboxylic acids is 1. The summed E-state index contributed by atoms with van der Waals surface area (Å²) in [6.45, 7) is 1.89. The lowest BCUT2D eigenvalue weighted by Gasteiger charge is -2.18. The fourth-order valence-electron chi connectivity index (χ4n) is 4.69. The van der Waals surface area contributed by atoms with E-state index in [1.165, 1.54) is 22.3 Å². The number of rotatable bonds is 5. The Kier molecular flexibility index (Phi) is 4.76. The molecule has 5 rings (SSSR count). The molecule has 0 aromatic heterocycles. The standard InChI is InChI=1S/C24H24O5/c25-24(26)12-16-14-28-23-13-17(4-5-19(16)23)29-22-7-6-20-18(2-1-3-21(20)22)15-8-10-27-11-9-15/h1-5,8,13,16,22H,6-7,9-12,14H2,(H,25,26)/t16?,22-/m1/s1. The van der Waals surface area contributed by atoms with Gasteiger partial charge in [-0.05, 0) is 47.6 Å². The van der Waals surface area contributed by atoms with Crippen molar-refractivity contribution in [3.05, 3.63) is 64.7 Å². The third kappa shape index (κ3) is 3.51. The third-order valence-corrected chi connectivity index (χ3v) is 6.09. The Morgan fingerprint density at radius 3 is 2.93 bits per heavy atom. The number of carboxylic acid groups (broad SMARTS) is 1. The maximum Gasteiger partial charge on any atom is 0.304 e. The normalized spacial score (nSPS) is 22.4. The van der Waals surface area contributed by atoms with Crippen molar-refractivity contribution in [2.75, 3.05) is 19.8 Å². The van der Waals surface area contributed by atoms with E-state index in [1.54, 1.807) is 0 Å². The van der Waals surface area contributed by atoms with E-state index >= 15 is 0 Å². The van der Waals surface area contributed by atoms with Crippen molar-refractivity contribution in [2.24, 2.45) is 0 Å². The Labute approximate surface area is 169 Å². The van der Waals surface area contributed by atoms with Gasteiger partial charge >= 0.3 is 5.97 Å². The molecule has 0 bridgehead atoms.